The van der Waals surface area contributed by atoms with Gasteiger partial charge in [-0.05, 0) is 43.2 Å². The molecule has 126 valence electrons. The first-order valence-corrected chi connectivity index (χ1v) is 8.35. The van der Waals surface area contributed by atoms with Gasteiger partial charge in [0, 0.05) is 36.5 Å². The highest BCUT2D eigenvalue weighted by Crippen LogP contribution is 2.34. The van der Waals surface area contributed by atoms with Gasteiger partial charge >= 0.3 is 0 Å². The van der Waals surface area contributed by atoms with Crippen molar-refractivity contribution in [1.29, 1.82) is 0 Å². The number of rotatable bonds is 5. The lowest BCUT2D eigenvalue weighted by molar-refractivity contribution is 0.0642. The Hall–Kier alpha value is -3.02. The fraction of sp³-hybridized carbons (Fsp3) is 0.263. The largest absolute Gasteiger partial charge is 0.352 e. The van der Waals surface area contributed by atoms with Gasteiger partial charge in [-0.1, -0.05) is 6.07 Å². The fourth-order valence-corrected chi connectivity index (χ4v) is 3.02. The van der Waals surface area contributed by atoms with E-state index in [0.29, 0.717) is 29.7 Å². The summed E-state index contributed by atoms with van der Waals surface area (Å²) in [5.41, 5.74) is 2.01. The van der Waals surface area contributed by atoms with Crippen molar-refractivity contribution in [2.24, 2.45) is 0 Å². The summed E-state index contributed by atoms with van der Waals surface area (Å²) >= 11 is 0. The van der Waals surface area contributed by atoms with Gasteiger partial charge in [-0.15, -0.1) is 0 Å². The molecule has 0 radical (unpaired) electrons. The number of benzene rings is 1. The average molecular weight is 335 g/mol. The predicted octanol–water partition coefficient (Wildman–Crippen LogP) is 1.81. The molecule has 1 aliphatic carbocycles. The highest BCUT2D eigenvalue weighted by Gasteiger charge is 2.44. The molecule has 1 fully saturated rings. The first kappa shape index (κ1) is 15.5. The second-order valence-corrected chi connectivity index (χ2v) is 6.30. The smallest absolute Gasteiger partial charge is 0.261 e. The van der Waals surface area contributed by atoms with Gasteiger partial charge in [0.1, 0.15) is 0 Å². The average Bonchev–Trinajstić information content (AvgIpc) is 3.43. The lowest BCUT2D eigenvalue weighted by Crippen LogP contribution is -2.31. The summed E-state index contributed by atoms with van der Waals surface area (Å²) in [5, 5.41) is 2.82. The van der Waals surface area contributed by atoms with Crippen LogP contribution in [0, 0.1) is 0 Å². The van der Waals surface area contributed by atoms with E-state index in [9.17, 15) is 14.4 Å². The third-order valence-electron chi connectivity index (χ3n) is 4.49. The lowest BCUT2D eigenvalue weighted by atomic mass is 10.1. The molecule has 1 N–H and O–H groups in total. The molecule has 0 saturated heterocycles. The molecule has 25 heavy (non-hydrogen) atoms. The molecule has 4 rings (SSSR count). The van der Waals surface area contributed by atoms with E-state index in [1.165, 1.54) is 11.0 Å². The van der Waals surface area contributed by atoms with Crippen molar-refractivity contribution in [2.75, 3.05) is 6.54 Å². The van der Waals surface area contributed by atoms with E-state index in [1.807, 2.05) is 18.2 Å². The van der Waals surface area contributed by atoms with Crippen molar-refractivity contribution in [3.63, 3.8) is 0 Å². The molecule has 0 atom stereocenters. The Morgan fingerprint density at radius 3 is 2.64 bits per heavy atom. The number of carbonyl (C=O) groups is 3. The van der Waals surface area contributed by atoms with Gasteiger partial charge in [-0.2, -0.15) is 0 Å². The number of aromatic nitrogens is 1. The molecule has 0 unspecified atom stereocenters. The number of pyridine rings is 1. The van der Waals surface area contributed by atoms with Gasteiger partial charge in [-0.3, -0.25) is 24.3 Å². The topological polar surface area (TPSA) is 79.4 Å². The molecule has 2 aromatic rings. The van der Waals surface area contributed by atoms with Crippen LogP contribution in [0.5, 0.6) is 0 Å². The van der Waals surface area contributed by atoms with Gasteiger partial charge in [0.05, 0.1) is 11.1 Å². The van der Waals surface area contributed by atoms with Crippen molar-refractivity contribution in [2.45, 2.75) is 25.3 Å². The van der Waals surface area contributed by atoms with Gasteiger partial charge in [0.15, 0.2) is 0 Å². The van der Waals surface area contributed by atoms with E-state index < -0.39 is 0 Å². The molecule has 1 aliphatic heterocycles. The number of nitrogens with one attached hydrogen (secondary N) is 1. The molecular formula is C19H17N3O3. The SMILES string of the molecule is O=C(NCCc1ccccn1)c1ccc2c(c1)C(=O)N(C1CC1)C2=O. The molecule has 1 aromatic heterocycles. The fourth-order valence-electron chi connectivity index (χ4n) is 3.02. The second kappa shape index (κ2) is 6.12. The van der Waals surface area contributed by atoms with Crippen LogP contribution < -0.4 is 5.32 Å². The minimum Gasteiger partial charge on any atom is -0.352 e. The van der Waals surface area contributed by atoms with Crippen molar-refractivity contribution in [3.8, 4) is 0 Å². The molecule has 2 heterocycles. The second-order valence-electron chi connectivity index (χ2n) is 6.30. The summed E-state index contributed by atoms with van der Waals surface area (Å²) < 4.78 is 0. The highest BCUT2D eigenvalue weighted by atomic mass is 16.2. The van der Waals surface area contributed by atoms with E-state index in [-0.39, 0.29) is 23.8 Å². The van der Waals surface area contributed by atoms with Gasteiger partial charge in [0.2, 0.25) is 0 Å². The van der Waals surface area contributed by atoms with Crippen LogP contribution in [0.4, 0.5) is 0 Å². The highest BCUT2D eigenvalue weighted by molar-refractivity contribution is 6.22. The molecule has 0 bridgehead atoms. The van der Waals surface area contributed by atoms with E-state index in [2.05, 4.69) is 10.3 Å². The number of hydrogen-bond acceptors (Lipinski definition) is 4. The Bertz CT molecular complexity index is 859. The third kappa shape index (κ3) is 2.91. The zero-order valence-corrected chi connectivity index (χ0v) is 13.6. The van der Waals surface area contributed by atoms with E-state index in [4.69, 9.17) is 0 Å². The molecule has 3 amide bonds. The molecule has 2 aliphatic rings. The zero-order chi connectivity index (χ0) is 17.4. The number of imide groups is 1. The Kier molecular flexibility index (Phi) is 3.80. The Morgan fingerprint density at radius 2 is 1.92 bits per heavy atom. The maximum absolute atomic E-state index is 12.4. The number of fused-ring (bicyclic) bond motifs is 1. The number of carbonyl (C=O) groups excluding carboxylic acids is 3. The van der Waals surface area contributed by atoms with Crippen LogP contribution in [0.1, 0.15) is 49.6 Å². The summed E-state index contributed by atoms with van der Waals surface area (Å²) in [6.45, 7) is 0.452. The van der Waals surface area contributed by atoms with Gasteiger partial charge in [0.25, 0.3) is 17.7 Å². The Morgan fingerprint density at radius 1 is 1.12 bits per heavy atom. The maximum atomic E-state index is 12.4. The van der Waals surface area contributed by atoms with Crippen molar-refractivity contribution < 1.29 is 14.4 Å². The van der Waals surface area contributed by atoms with Crippen LogP contribution >= 0.6 is 0 Å². The molecule has 1 saturated carbocycles. The summed E-state index contributed by atoms with van der Waals surface area (Å²) in [6.07, 6.45) is 4.08. The molecule has 6 heteroatoms. The van der Waals surface area contributed by atoms with Crippen LogP contribution in [0.15, 0.2) is 42.6 Å². The maximum Gasteiger partial charge on any atom is 0.261 e. The van der Waals surface area contributed by atoms with Crippen LogP contribution in [0.3, 0.4) is 0 Å². The standard InChI is InChI=1S/C19H17N3O3/c23-17(21-10-8-13-3-1-2-9-20-13)12-4-7-15-16(11-12)19(25)22(18(15)24)14-5-6-14/h1-4,7,9,11,14H,5-6,8,10H2,(H,21,23). The van der Waals surface area contributed by atoms with E-state index in [0.717, 1.165) is 18.5 Å². The predicted molar refractivity (Wildman–Crippen MR) is 90.2 cm³/mol. The lowest BCUT2D eigenvalue weighted by Gasteiger charge is -2.11. The van der Waals surface area contributed by atoms with E-state index >= 15 is 0 Å². The number of amides is 3. The monoisotopic (exact) mass is 335 g/mol. The number of nitrogens with zero attached hydrogens (tertiary/aromatic N) is 2. The van der Waals surface area contributed by atoms with Crippen LogP contribution in [-0.2, 0) is 6.42 Å². The number of hydrogen-bond donors (Lipinski definition) is 1. The van der Waals surface area contributed by atoms with Crippen LogP contribution in [0.2, 0.25) is 0 Å². The minimum absolute atomic E-state index is 0.0306. The normalized spacial score (nSPS) is 16.1. The van der Waals surface area contributed by atoms with Crippen LogP contribution in [0.25, 0.3) is 0 Å². The minimum atomic E-state index is -0.286. The van der Waals surface area contributed by atoms with Crippen molar-refractivity contribution in [1.82, 2.24) is 15.2 Å². The third-order valence-corrected chi connectivity index (χ3v) is 4.49. The Balaban J connectivity index is 1.44. The summed E-state index contributed by atoms with van der Waals surface area (Å²) in [5.74, 6) is -0.793. The molecule has 0 spiro atoms. The van der Waals surface area contributed by atoms with E-state index in [1.54, 1.807) is 18.3 Å². The summed E-state index contributed by atoms with van der Waals surface area (Å²) in [6, 6.07) is 10.4. The van der Waals surface area contributed by atoms with Crippen molar-refractivity contribution >= 4 is 17.7 Å². The first-order valence-electron chi connectivity index (χ1n) is 8.35. The summed E-state index contributed by atoms with van der Waals surface area (Å²) in [7, 11) is 0. The van der Waals surface area contributed by atoms with Gasteiger partial charge in [-0.25, -0.2) is 0 Å². The van der Waals surface area contributed by atoms with Gasteiger partial charge < -0.3 is 5.32 Å². The quantitative estimate of drug-likeness (QED) is 0.845. The van der Waals surface area contributed by atoms with Crippen molar-refractivity contribution in [3.05, 3.63) is 65.0 Å². The first-order chi connectivity index (χ1) is 12.1. The molecule has 6 nitrogen and oxygen atoms in total. The molecular weight excluding hydrogens is 318 g/mol. The zero-order valence-electron chi connectivity index (χ0n) is 13.6. The summed E-state index contributed by atoms with van der Waals surface area (Å²) in [4.78, 5) is 42.6. The Labute approximate surface area is 144 Å². The van der Waals surface area contributed by atoms with Crippen LogP contribution in [-0.4, -0.2) is 40.2 Å². The molecule has 1 aromatic carbocycles.